The number of amides is 1. The minimum absolute atomic E-state index is 0.0839. The molecule has 2 aromatic carbocycles. The molecule has 162 valence electrons. The molecular formula is C22H20F4N4O. The van der Waals surface area contributed by atoms with Gasteiger partial charge in [-0.3, -0.25) is 4.79 Å². The highest BCUT2D eigenvalue weighted by Gasteiger charge is 2.31. The summed E-state index contributed by atoms with van der Waals surface area (Å²) in [6.07, 6.45) is -1.24. The minimum atomic E-state index is -4.49. The van der Waals surface area contributed by atoms with Gasteiger partial charge in [0.2, 0.25) is 0 Å². The van der Waals surface area contributed by atoms with Gasteiger partial charge in [-0.05, 0) is 50.1 Å². The molecule has 0 saturated carbocycles. The maximum absolute atomic E-state index is 14.5. The van der Waals surface area contributed by atoms with Crippen LogP contribution in [0.3, 0.4) is 0 Å². The van der Waals surface area contributed by atoms with Crippen LogP contribution in [0.1, 0.15) is 34.5 Å². The van der Waals surface area contributed by atoms with Gasteiger partial charge >= 0.3 is 6.18 Å². The monoisotopic (exact) mass is 432 g/mol. The number of para-hydroxylation sites is 1. The molecule has 4 rings (SSSR count). The predicted octanol–water partition coefficient (Wildman–Crippen LogP) is 5.19. The zero-order valence-electron chi connectivity index (χ0n) is 16.7. The van der Waals surface area contributed by atoms with E-state index < -0.39 is 23.5 Å². The zero-order valence-corrected chi connectivity index (χ0v) is 16.7. The maximum Gasteiger partial charge on any atom is 0.416 e. The smallest absolute Gasteiger partial charge is 0.370 e. The van der Waals surface area contributed by atoms with Gasteiger partial charge in [0, 0.05) is 13.1 Å². The van der Waals surface area contributed by atoms with Crippen LogP contribution in [0, 0.1) is 12.7 Å². The van der Waals surface area contributed by atoms with Crippen molar-refractivity contribution >= 4 is 17.3 Å². The number of alkyl halides is 3. The summed E-state index contributed by atoms with van der Waals surface area (Å²) in [6.45, 7) is 3.13. The van der Waals surface area contributed by atoms with E-state index in [1.807, 2.05) is 4.90 Å². The molecule has 1 N–H and O–H groups in total. The van der Waals surface area contributed by atoms with Gasteiger partial charge in [0.15, 0.2) is 0 Å². The summed E-state index contributed by atoms with van der Waals surface area (Å²) in [4.78, 5) is 14.9. The molecule has 3 aromatic rings. The van der Waals surface area contributed by atoms with Gasteiger partial charge < -0.3 is 10.2 Å². The van der Waals surface area contributed by atoms with Crippen LogP contribution < -0.4 is 10.2 Å². The average Bonchev–Trinajstić information content (AvgIpc) is 3.39. The standard InChI is InChI=1S/C22H20F4N4O/c1-14-17(13-27-30(14)16-7-4-6-15(12-16)22(24,25)26)21(31)28-20-18(23)8-5-9-19(20)29-10-2-3-11-29/h4-9,12-13H,2-3,10-11H2,1H3,(H,28,31). The fourth-order valence-corrected chi connectivity index (χ4v) is 3.75. The highest BCUT2D eigenvalue weighted by atomic mass is 19.4. The molecule has 1 amide bonds. The largest absolute Gasteiger partial charge is 0.416 e. The third-order valence-electron chi connectivity index (χ3n) is 5.35. The molecule has 0 atom stereocenters. The highest BCUT2D eigenvalue weighted by molar-refractivity contribution is 6.06. The average molecular weight is 432 g/mol. The highest BCUT2D eigenvalue weighted by Crippen LogP contribution is 2.33. The van der Waals surface area contributed by atoms with Crippen LogP contribution in [-0.4, -0.2) is 28.8 Å². The molecule has 0 spiro atoms. The van der Waals surface area contributed by atoms with Crippen LogP contribution in [0.4, 0.5) is 28.9 Å². The SMILES string of the molecule is Cc1c(C(=O)Nc2c(F)cccc2N2CCCC2)cnn1-c1cccc(C(F)(F)F)c1. The van der Waals surface area contributed by atoms with Gasteiger partial charge in [0.1, 0.15) is 11.5 Å². The van der Waals surface area contributed by atoms with Gasteiger partial charge in [-0.1, -0.05) is 12.1 Å². The zero-order chi connectivity index (χ0) is 22.2. The van der Waals surface area contributed by atoms with E-state index in [1.165, 1.54) is 29.1 Å². The van der Waals surface area contributed by atoms with Gasteiger partial charge in [0.25, 0.3) is 5.91 Å². The maximum atomic E-state index is 14.5. The number of benzene rings is 2. The van der Waals surface area contributed by atoms with Crippen molar-refractivity contribution in [3.8, 4) is 5.69 Å². The quantitative estimate of drug-likeness (QED) is 0.577. The number of nitrogens with zero attached hydrogens (tertiary/aromatic N) is 3. The van der Waals surface area contributed by atoms with Crippen molar-refractivity contribution in [3.63, 3.8) is 0 Å². The summed E-state index contributed by atoms with van der Waals surface area (Å²) < 4.78 is 54.9. The van der Waals surface area contributed by atoms with Crippen molar-refractivity contribution in [2.24, 2.45) is 0 Å². The number of aromatic nitrogens is 2. The van der Waals surface area contributed by atoms with Crippen LogP contribution in [0.5, 0.6) is 0 Å². The number of hydrogen-bond acceptors (Lipinski definition) is 3. The first-order valence-electron chi connectivity index (χ1n) is 9.83. The number of anilines is 2. The van der Waals surface area contributed by atoms with Crippen molar-refractivity contribution in [2.45, 2.75) is 25.9 Å². The molecule has 1 aliphatic heterocycles. The Hall–Kier alpha value is -3.36. The first-order valence-corrected chi connectivity index (χ1v) is 9.83. The summed E-state index contributed by atoms with van der Waals surface area (Å²) in [5.74, 6) is -1.14. The number of nitrogens with one attached hydrogen (secondary N) is 1. The van der Waals surface area contributed by atoms with Gasteiger partial charge in [-0.15, -0.1) is 0 Å². The van der Waals surface area contributed by atoms with E-state index >= 15 is 0 Å². The molecule has 1 fully saturated rings. The molecule has 1 aromatic heterocycles. The summed E-state index contributed by atoms with van der Waals surface area (Å²) in [7, 11) is 0. The predicted molar refractivity (Wildman–Crippen MR) is 109 cm³/mol. The second-order valence-corrected chi connectivity index (χ2v) is 7.39. The van der Waals surface area contributed by atoms with E-state index in [1.54, 1.807) is 19.1 Å². The van der Waals surface area contributed by atoms with Crippen molar-refractivity contribution in [1.82, 2.24) is 9.78 Å². The Bertz CT molecular complexity index is 1120. The third kappa shape index (κ3) is 4.12. The normalized spacial score (nSPS) is 14.2. The van der Waals surface area contributed by atoms with E-state index in [0.717, 1.165) is 38.1 Å². The van der Waals surface area contributed by atoms with Crippen molar-refractivity contribution in [3.05, 3.63) is 71.3 Å². The van der Waals surface area contributed by atoms with Crippen LogP contribution in [0.2, 0.25) is 0 Å². The lowest BCUT2D eigenvalue weighted by Crippen LogP contribution is -2.22. The number of halogens is 4. The molecule has 2 heterocycles. The molecular weight excluding hydrogens is 412 g/mol. The summed E-state index contributed by atoms with van der Waals surface area (Å²) >= 11 is 0. The Kier molecular flexibility index (Phi) is 5.43. The number of hydrogen-bond donors (Lipinski definition) is 1. The molecule has 31 heavy (non-hydrogen) atoms. The molecule has 0 bridgehead atoms. The van der Waals surface area contributed by atoms with Crippen LogP contribution in [0.15, 0.2) is 48.7 Å². The van der Waals surface area contributed by atoms with E-state index in [-0.39, 0.29) is 16.9 Å². The molecule has 0 unspecified atom stereocenters. The van der Waals surface area contributed by atoms with Crippen LogP contribution >= 0.6 is 0 Å². The van der Waals surface area contributed by atoms with E-state index in [4.69, 9.17) is 0 Å². The lowest BCUT2D eigenvalue weighted by molar-refractivity contribution is -0.137. The molecule has 9 heteroatoms. The van der Waals surface area contributed by atoms with E-state index in [9.17, 15) is 22.4 Å². The van der Waals surface area contributed by atoms with E-state index in [0.29, 0.717) is 11.4 Å². The lowest BCUT2D eigenvalue weighted by atomic mass is 10.1. The topological polar surface area (TPSA) is 50.2 Å². The number of carbonyl (C=O) groups is 1. The van der Waals surface area contributed by atoms with Crippen molar-refractivity contribution in [1.29, 1.82) is 0 Å². The second kappa shape index (κ2) is 8.05. The van der Waals surface area contributed by atoms with Crippen LogP contribution in [-0.2, 0) is 6.18 Å². The molecule has 0 radical (unpaired) electrons. The minimum Gasteiger partial charge on any atom is -0.370 e. The second-order valence-electron chi connectivity index (χ2n) is 7.39. The third-order valence-corrected chi connectivity index (χ3v) is 5.35. The molecule has 5 nitrogen and oxygen atoms in total. The van der Waals surface area contributed by atoms with Crippen LogP contribution in [0.25, 0.3) is 5.69 Å². The summed E-state index contributed by atoms with van der Waals surface area (Å²) in [5.41, 5.74) is 0.542. The molecule has 0 aliphatic carbocycles. The first kappa shape index (κ1) is 20.9. The Balaban J connectivity index is 1.63. The Morgan fingerprint density at radius 2 is 1.81 bits per heavy atom. The Labute approximate surface area is 176 Å². The summed E-state index contributed by atoms with van der Waals surface area (Å²) in [5, 5.41) is 6.70. The fraction of sp³-hybridized carbons (Fsp3) is 0.273. The van der Waals surface area contributed by atoms with Crippen molar-refractivity contribution < 1.29 is 22.4 Å². The first-order chi connectivity index (χ1) is 14.8. The van der Waals surface area contributed by atoms with Gasteiger partial charge in [-0.2, -0.15) is 18.3 Å². The van der Waals surface area contributed by atoms with Crippen molar-refractivity contribution in [2.75, 3.05) is 23.3 Å². The Morgan fingerprint density at radius 1 is 1.10 bits per heavy atom. The van der Waals surface area contributed by atoms with Gasteiger partial charge in [-0.25, -0.2) is 9.07 Å². The fourth-order valence-electron chi connectivity index (χ4n) is 3.75. The Morgan fingerprint density at radius 3 is 2.52 bits per heavy atom. The molecule has 1 saturated heterocycles. The molecule has 1 aliphatic rings. The van der Waals surface area contributed by atoms with Gasteiger partial charge in [0.05, 0.1) is 34.4 Å². The number of rotatable bonds is 4. The van der Waals surface area contributed by atoms with E-state index in [2.05, 4.69) is 10.4 Å². The summed E-state index contributed by atoms with van der Waals surface area (Å²) in [6, 6.07) is 9.30. The number of carbonyl (C=O) groups excluding carboxylic acids is 1. The lowest BCUT2D eigenvalue weighted by Gasteiger charge is -2.22.